The molecule has 2 N–H and O–H groups in total. The Hall–Kier alpha value is -3.92. The zero-order valence-corrected chi connectivity index (χ0v) is 14.9. The Bertz CT molecular complexity index is 1000. The molecule has 1 heterocycles. The normalized spacial score (nSPS) is 10.0. The summed E-state index contributed by atoms with van der Waals surface area (Å²) in [4.78, 5) is 16.2. The molecule has 2 amide bonds. The molecule has 3 aromatic rings. The molecule has 0 aliphatic heterocycles. The van der Waals surface area contributed by atoms with E-state index in [9.17, 15) is 9.18 Å². The molecule has 0 atom stereocenters. The Labute approximate surface area is 161 Å². The smallest absolute Gasteiger partial charge is 0.319 e. The summed E-state index contributed by atoms with van der Waals surface area (Å²) in [7, 11) is 0. The minimum absolute atomic E-state index is 0.0515. The van der Waals surface area contributed by atoms with Crippen molar-refractivity contribution in [3.8, 4) is 11.9 Å². The number of pyridine rings is 1. The predicted molar refractivity (Wildman–Crippen MR) is 102 cm³/mol. The van der Waals surface area contributed by atoms with Gasteiger partial charge < -0.3 is 15.4 Å². The standard InChI is InChI=1S/C21H17FN4O2/c22-18-6-7-19(17(11-18)12-23)26-21(27)25-13-16-8-9-24-20(10-16)28-14-15-4-2-1-3-5-15/h1-11H,13-14H2,(H2,25,26,27). The number of aromatic nitrogens is 1. The van der Waals surface area contributed by atoms with Gasteiger partial charge in [0.2, 0.25) is 5.88 Å². The van der Waals surface area contributed by atoms with E-state index in [0.717, 1.165) is 17.2 Å². The van der Waals surface area contributed by atoms with E-state index >= 15 is 0 Å². The van der Waals surface area contributed by atoms with Crippen molar-refractivity contribution < 1.29 is 13.9 Å². The van der Waals surface area contributed by atoms with Crippen LogP contribution in [0.15, 0.2) is 66.9 Å². The molecule has 0 spiro atoms. The molecule has 0 saturated heterocycles. The highest BCUT2D eigenvalue weighted by Crippen LogP contribution is 2.16. The Kier molecular flexibility index (Phi) is 6.16. The Balaban J connectivity index is 1.54. The summed E-state index contributed by atoms with van der Waals surface area (Å²) < 4.78 is 18.8. The molecule has 0 saturated carbocycles. The van der Waals surface area contributed by atoms with E-state index < -0.39 is 11.8 Å². The summed E-state index contributed by atoms with van der Waals surface area (Å²) in [5.74, 6) is -0.0869. The summed E-state index contributed by atoms with van der Waals surface area (Å²) in [6, 6.07) is 18.1. The monoisotopic (exact) mass is 376 g/mol. The van der Waals surface area contributed by atoms with Crippen molar-refractivity contribution in [1.29, 1.82) is 5.26 Å². The van der Waals surface area contributed by atoms with E-state index in [1.807, 2.05) is 36.4 Å². The number of nitriles is 1. The predicted octanol–water partition coefficient (Wildman–Crippen LogP) is 3.99. The number of hydrogen-bond donors (Lipinski definition) is 2. The number of nitrogens with one attached hydrogen (secondary N) is 2. The maximum absolute atomic E-state index is 13.2. The van der Waals surface area contributed by atoms with Gasteiger partial charge in [0.05, 0.1) is 11.3 Å². The first-order chi connectivity index (χ1) is 13.6. The van der Waals surface area contributed by atoms with Gasteiger partial charge in [0.15, 0.2) is 0 Å². The quantitative estimate of drug-likeness (QED) is 0.681. The number of ether oxygens (including phenoxy) is 1. The van der Waals surface area contributed by atoms with E-state index in [-0.39, 0.29) is 17.8 Å². The van der Waals surface area contributed by atoms with Crippen LogP contribution in [0.25, 0.3) is 0 Å². The molecule has 0 aliphatic carbocycles. The van der Waals surface area contributed by atoms with Crippen molar-refractivity contribution in [3.05, 3.63) is 89.4 Å². The second kappa shape index (κ2) is 9.14. The Morgan fingerprint density at radius 2 is 1.93 bits per heavy atom. The molecule has 7 heteroatoms. The zero-order valence-electron chi connectivity index (χ0n) is 14.9. The first kappa shape index (κ1) is 18.9. The third kappa shape index (κ3) is 5.29. The number of anilines is 1. The van der Waals surface area contributed by atoms with Gasteiger partial charge >= 0.3 is 6.03 Å². The fourth-order valence-electron chi connectivity index (χ4n) is 2.44. The summed E-state index contributed by atoms with van der Waals surface area (Å²) in [6.45, 7) is 0.631. The molecule has 0 unspecified atom stereocenters. The number of halogens is 1. The number of nitrogens with zero attached hydrogens (tertiary/aromatic N) is 2. The number of amides is 2. The van der Waals surface area contributed by atoms with E-state index in [1.54, 1.807) is 18.3 Å². The fourth-order valence-corrected chi connectivity index (χ4v) is 2.44. The van der Waals surface area contributed by atoms with Crippen molar-refractivity contribution in [3.63, 3.8) is 0 Å². The molecule has 3 rings (SSSR count). The average molecular weight is 376 g/mol. The van der Waals surface area contributed by atoms with Crippen LogP contribution < -0.4 is 15.4 Å². The largest absolute Gasteiger partial charge is 0.473 e. The van der Waals surface area contributed by atoms with Gasteiger partial charge in [-0.2, -0.15) is 5.26 Å². The molecule has 28 heavy (non-hydrogen) atoms. The van der Waals surface area contributed by atoms with Gasteiger partial charge in [-0.1, -0.05) is 30.3 Å². The summed E-state index contributed by atoms with van der Waals surface area (Å²) in [6.07, 6.45) is 1.60. The van der Waals surface area contributed by atoms with Crippen molar-refractivity contribution in [2.75, 3.05) is 5.32 Å². The second-order valence-corrected chi connectivity index (χ2v) is 5.89. The molecule has 0 bridgehead atoms. The molecule has 140 valence electrons. The highest BCUT2D eigenvalue weighted by molar-refractivity contribution is 5.90. The number of carbonyl (C=O) groups excluding carboxylic acids is 1. The van der Waals surface area contributed by atoms with Crippen LogP contribution in [0.5, 0.6) is 5.88 Å². The number of urea groups is 1. The van der Waals surface area contributed by atoms with Crippen LogP contribution in [0.4, 0.5) is 14.9 Å². The van der Waals surface area contributed by atoms with Gasteiger partial charge in [0.25, 0.3) is 0 Å². The summed E-state index contributed by atoms with van der Waals surface area (Å²) in [5, 5.41) is 14.2. The zero-order chi connectivity index (χ0) is 19.8. The molecule has 2 aromatic carbocycles. The first-order valence-corrected chi connectivity index (χ1v) is 8.50. The number of carbonyl (C=O) groups is 1. The van der Waals surface area contributed by atoms with E-state index in [1.165, 1.54) is 12.1 Å². The molecular formula is C21H17FN4O2. The average Bonchev–Trinajstić information content (AvgIpc) is 2.73. The van der Waals surface area contributed by atoms with Gasteiger partial charge in [0.1, 0.15) is 18.5 Å². The third-order valence-electron chi connectivity index (χ3n) is 3.83. The molecule has 1 aromatic heterocycles. The minimum Gasteiger partial charge on any atom is -0.473 e. The Morgan fingerprint density at radius 3 is 2.71 bits per heavy atom. The van der Waals surface area contributed by atoms with E-state index in [2.05, 4.69) is 15.6 Å². The maximum Gasteiger partial charge on any atom is 0.319 e. The second-order valence-electron chi connectivity index (χ2n) is 5.89. The topological polar surface area (TPSA) is 87.0 Å². The third-order valence-corrected chi connectivity index (χ3v) is 3.83. The van der Waals surface area contributed by atoms with Crippen molar-refractivity contribution >= 4 is 11.7 Å². The maximum atomic E-state index is 13.2. The van der Waals surface area contributed by atoms with E-state index in [0.29, 0.717) is 12.5 Å². The Morgan fingerprint density at radius 1 is 1.11 bits per heavy atom. The minimum atomic E-state index is -0.540. The lowest BCUT2D eigenvalue weighted by molar-refractivity contribution is 0.251. The van der Waals surface area contributed by atoms with Gasteiger partial charge in [0, 0.05) is 18.8 Å². The first-order valence-electron chi connectivity index (χ1n) is 8.50. The lowest BCUT2D eigenvalue weighted by Gasteiger charge is -2.10. The molecule has 0 aliphatic rings. The highest BCUT2D eigenvalue weighted by Gasteiger charge is 2.08. The van der Waals surface area contributed by atoms with Gasteiger partial charge in [-0.15, -0.1) is 0 Å². The van der Waals surface area contributed by atoms with Crippen molar-refractivity contribution in [2.45, 2.75) is 13.2 Å². The lowest BCUT2D eigenvalue weighted by Crippen LogP contribution is -2.28. The van der Waals surface area contributed by atoms with Crippen LogP contribution in [0, 0.1) is 17.1 Å². The molecule has 6 nitrogen and oxygen atoms in total. The van der Waals surface area contributed by atoms with Gasteiger partial charge in [-0.05, 0) is 35.4 Å². The fraction of sp³-hybridized carbons (Fsp3) is 0.0952. The van der Waals surface area contributed by atoms with Crippen LogP contribution in [0.2, 0.25) is 0 Å². The van der Waals surface area contributed by atoms with Gasteiger partial charge in [-0.25, -0.2) is 14.2 Å². The van der Waals surface area contributed by atoms with Crippen molar-refractivity contribution in [2.24, 2.45) is 0 Å². The van der Waals surface area contributed by atoms with Crippen molar-refractivity contribution in [1.82, 2.24) is 10.3 Å². The summed E-state index contributed by atoms with van der Waals surface area (Å²) >= 11 is 0. The highest BCUT2D eigenvalue weighted by atomic mass is 19.1. The van der Waals surface area contributed by atoms with Crippen LogP contribution >= 0.6 is 0 Å². The van der Waals surface area contributed by atoms with Crippen LogP contribution in [-0.4, -0.2) is 11.0 Å². The van der Waals surface area contributed by atoms with E-state index in [4.69, 9.17) is 10.00 Å². The number of benzene rings is 2. The van der Waals surface area contributed by atoms with Crippen LogP contribution in [0.3, 0.4) is 0 Å². The lowest BCUT2D eigenvalue weighted by atomic mass is 10.2. The van der Waals surface area contributed by atoms with Gasteiger partial charge in [-0.3, -0.25) is 0 Å². The van der Waals surface area contributed by atoms with Crippen LogP contribution in [-0.2, 0) is 13.2 Å². The summed E-state index contributed by atoms with van der Waals surface area (Å²) in [5.41, 5.74) is 2.12. The SMILES string of the molecule is N#Cc1cc(F)ccc1NC(=O)NCc1ccnc(OCc2ccccc2)c1. The number of rotatable bonds is 6. The molecule has 0 fully saturated rings. The molecular weight excluding hydrogens is 359 g/mol. The van der Waals surface area contributed by atoms with Crippen LogP contribution in [0.1, 0.15) is 16.7 Å². The molecule has 0 radical (unpaired) electrons. The number of hydrogen-bond acceptors (Lipinski definition) is 4.